The molecule has 4 aromatic rings. The predicted octanol–water partition coefficient (Wildman–Crippen LogP) is 5.98. The van der Waals surface area contributed by atoms with E-state index < -0.39 is 24.4 Å². The standard InChI is InChI=1S/C37H40O7/c1-40-34(39)21-32-31-20-12-11-19-30(31)25-44-35(32)37(43-24-29-17-9-4-10-18-29)36(42-23-28-15-7-3-8-16-28)33(38)26-41-22-27-13-5-2-6-14-27/h2-20,32-33,35-38H,21-26H2,1H3/t32?,33-,35+,36-,37-/m1/s1. The zero-order valence-corrected chi connectivity index (χ0v) is 25.0. The molecular weight excluding hydrogens is 556 g/mol. The fraction of sp³-hybridized carbons (Fsp3) is 0.324. The minimum Gasteiger partial charge on any atom is -0.469 e. The van der Waals surface area contributed by atoms with Crippen molar-refractivity contribution in [3.8, 4) is 0 Å². The van der Waals surface area contributed by atoms with Gasteiger partial charge in [0.05, 0.1) is 52.7 Å². The quantitative estimate of drug-likeness (QED) is 0.169. The Labute approximate surface area is 259 Å². The Balaban J connectivity index is 1.46. The van der Waals surface area contributed by atoms with Crippen LogP contribution in [0.4, 0.5) is 0 Å². The van der Waals surface area contributed by atoms with E-state index in [2.05, 4.69) is 0 Å². The molecule has 7 nitrogen and oxygen atoms in total. The molecule has 0 saturated heterocycles. The zero-order valence-electron chi connectivity index (χ0n) is 25.0. The lowest BCUT2D eigenvalue weighted by atomic mass is 9.81. The minimum absolute atomic E-state index is 0.0184. The highest BCUT2D eigenvalue weighted by Crippen LogP contribution is 2.38. The van der Waals surface area contributed by atoms with Crippen molar-refractivity contribution in [3.05, 3.63) is 143 Å². The van der Waals surface area contributed by atoms with E-state index in [4.69, 9.17) is 23.7 Å². The number of esters is 1. The molecule has 1 aliphatic rings. The fourth-order valence-electron chi connectivity index (χ4n) is 5.62. The number of hydrogen-bond acceptors (Lipinski definition) is 7. The first-order valence-corrected chi connectivity index (χ1v) is 15.0. The first kappa shape index (κ1) is 31.6. The summed E-state index contributed by atoms with van der Waals surface area (Å²) in [7, 11) is 1.38. The first-order chi connectivity index (χ1) is 21.6. The van der Waals surface area contributed by atoms with Crippen LogP contribution in [0.25, 0.3) is 0 Å². The molecule has 0 aliphatic carbocycles. The largest absolute Gasteiger partial charge is 0.469 e. The molecule has 0 radical (unpaired) electrons. The van der Waals surface area contributed by atoms with Crippen LogP contribution in [-0.2, 0) is 54.9 Å². The van der Waals surface area contributed by atoms with E-state index in [1.807, 2.05) is 115 Å². The molecule has 7 heteroatoms. The maximum Gasteiger partial charge on any atom is 0.306 e. The second-order valence-corrected chi connectivity index (χ2v) is 11.0. The van der Waals surface area contributed by atoms with Crippen LogP contribution >= 0.6 is 0 Å². The highest BCUT2D eigenvalue weighted by molar-refractivity contribution is 5.70. The second-order valence-electron chi connectivity index (χ2n) is 11.0. The van der Waals surface area contributed by atoms with Crippen molar-refractivity contribution < 1.29 is 33.6 Å². The molecule has 1 heterocycles. The Morgan fingerprint density at radius 2 is 1.32 bits per heavy atom. The lowest BCUT2D eigenvalue weighted by Crippen LogP contribution is -2.53. The van der Waals surface area contributed by atoms with E-state index in [0.29, 0.717) is 13.2 Å². The van der Waals surface area contributed by atoms with Gasteiger partial charge in [0.25, 0.3) is 0 Å². The summed E-state index contributed by atoms with van der Waals surface area (Å²) in [6.45, 7) is 1.22. The number of carbonyl (C=O) groups excluding carboxylic acids is 1. The minimum atomic E-state index is -1.05. The average Bonchev–Trinajstić information content (AvgIpc) is 3.08. The lowest BCUT2D eigenvalue weighted by molar-refractivity contribution is -0.196. The number of benzene rings is 4. The van der Waals surface area contributed by atoms with Crippen LogP contribution in [0.5, 0.6) is 0 Å². The number of aliphatic hydroxyl groups excluding tert-OH is 1. The van der Waals surface area contributed by atoms with E-state index in [1.54, 1.807) is 0 Å². The second kappa shape index (κ2) is 16.3. The average molecular weight is 597 g/mol. The lowest BCUT2D eigenvalue weighted by Gasteiger charge is -2.42. The zero-order chi connectivity index (χ0) is 30.6. The molecule has 1 aliphatic heterocycles. The van der Waals surface area contributed by atoms with Gasteiger partial charge in [-0.25, -0.2) is 0 Å². The van der Waals surface area contributed by atoms with Crippen molar-refractivity contribution >= 4 is 5.97 Å². The Morgan fingerprint density at radius 3 is 1.93 bits per heavy atom. The van der Waals surface area contributed by atoms with Gasteiger partial charge in [-0.3, -0.25) is 4.79 Å². The molecule has 0 aromatic heterocycles. The summed E-state index contributed by atoms with van der Waals surface area (Å²) in [5, 5.41) is 11.7. The Morgan fingerprint density at radius 1 is 0.773 bits per heavy atom. The number of carbonyl (C=O) groups is 1. The normalized spacial score (nSPS) is 18.1. The van der Waals surface area contributed by atoms with E-state index in [-0.39, 0.29) is 38.1 Å². The van der Waals surface area contributed by atoms with E-state index in [0.717, 1.165) is 27.8 Å². The maximum atomic E-state index is 12.7. The van der Waals surface area contributed by atoms with Gasteiger partial charge in [-0.2, -0.15) is 0 Å². The number of ether oxygens (including phenoxy) is 5. The third-order valence-corrected chi connectivity index (χ3v) is 7.89. The molecule has 0 amide bonds. The van der Waals surface area contributed by atoms with Gasteiger partial charge in [-0.1, -0.05) is 115 Å². The summed E-state index contributed by atoms with van der Waals surface area (Å²) >= 11 is 0. The van der Waals surface area contributed by atoms with Crippen molar-refractivity contribution in [1.29, 1.82) is 0 Å². The SMILES string of the molecule is COC(=O)CC1c2ccccc2CO[C@@H]1[C@@H](OCc1ccccc1)[C@H](OCc1ccccc1)[C@H](O)COCc1ccccc1. The summed E-state index contributed by atoms with van der Waals surface area (Å²) in [6, 6.07) is 37.4. The molecule has 0 bridgehead atoms. The molecule has 230 valence electrons. The first-order valence-electron chi connectivity index (χ1n) is 15.0. The third-order valence-electron chi connectivity index (χ3n) is 7.89. The molecule has 4 aromatic carbocycles. The van der Waals surface area contributed by atoms with Crippen LogP contribution in [0.15, 0.2) is 115 Å². The number of rotatable bonds is 15. The van der Waals surface area contributed by atoms with E-state index >= 15 is 0 Å². The van der Waals surface area contributed by atoms with Gasteiger partial charge in [0, 0.05) is 5.92 Å². The van der Waals surface area contributed by atoms with Gasteiger partial charge in [0.2, 0.25) is 0 Å². The van der Waals surface area contributed by atoms with Gasteiger partial charge in [-0.05, 0) is 27.8 Å². The van der Waals surface area contributed by atoms with Crippen LogP contribution < -0.4 is 0 Å². The molecule has 0 saturated carbocycles. The topological polar surface area (TPSA) is 83.5 Å². The van der Waals surface area contributed by atoms with Gasteiger partial charge in [0.1, 0.15) is 18.3 Å². The Bertz CT molecular complexity index is 1410. The van der Waals surface area contributed by atoms with Crippen molar-refractivity contribution in [2.24, 2.45) is 0 Å². The van der Waals surface area contributed by atoms with Crippen LogP contribution in [0.3, 0.4) is 0 Å². The molecule has 1 N–H and O–H groups in total. The van der Waals surface area contributed by atoms with Gasteiger partial charge < -0.3 is 28.8 Å². The van der Waals surface area contributed by atoms with Crippen LogP contribution in [-0.4, -0.2) is 49.2 Å². The van der Waals surface area contributed by atoms with Crippen molar-refractivity contribution in [2.45, 2.75) is 63.2 Å². The molecule has 1 unspecified atom stereocenters. The Hall–Kier alpha value is -3.85. The van der Waals surface area contributed by atoms with E-state index in [9.17, 15) is 9.90 Å². The monoisotopic (exact) mass is 596 g/mol. The van der Waals surface area contributed by atoms with Crippen LogP contribution in [0.1, 0.15) is 40.2 Å². The molecule has 44 heavy (non-hydrogen) atoms. The van der Waals surface area contributed by atoms with Gasteiger partial charge >= 0.3 is 5.97 Å². The van der Waals surface area contributed by atoms with E-state index in [1.165, 1.54) is 7.11 Å². The highest BCUT2D eigenvalue weighted by atomic mass is 16.6. The summed E-state index contributed by atoms with van der Waals surface area (Å²) in [4.78, 5) is 12.7. The smallest absolute Gasteiger partial charge is 0.306 e. The summed E-state index contributed by atoms with van der Waals surface area (Å²) in [5.41, 5.74) is 4.93. The molecule has 5 atom stereocenters. The number of methoxy groups -OCH3 is 1. The van der Waals surface area contributed by atoms with Gasteiger partial charge in [-0.15, -0.1) is 0 Å². The number of aliphatic hydroxyl groups is 1. The number of hydrogen-bond donors (Lipinski definition) is 1. The maximum absolute atomic E-state index is 12.7. The van der Waals surface area contributed by atoms with Crippen LogP contribution in [0.2, 0.25) is 0 Å². The summed E-state index contributed by atoms with van der Waals surface area (Å²) in [6.07, 6.45) is -3.17. The molecule has 0 spiro atoms. The molecule has 5 rings (SSSR count). The van der Waals surface area contributed by atoms with Crippen LogP contribution in [0, 0.1) is 0 Å². The predicted molar refractivity (Wildman–Crippen MR) is 167 cm³/mol. The summed E-state index contributed by atoms with van der Waals surface area (Å²) in [5.74, 6) is -0.732. The van der Waals surface area contributed by atoms with Crippen molar-refractivity contribution in [3.63, 3.8) is 0 Å². The van der Waals surface area contributed by atoms with Crippen molar-refractivity contribution in [1.82, 2.24) is 0 Å². The molecule has 0 fully saturated rings. The molecular formula is C37H40O7. The Kier molecular flexibility index (Phi) is 11.7. The third kappa shape index (κ3) is 8.62. The van der Waals surface area contributed by atoms with Gasteiger partial charge in [0.15, 0.2) is 0 Å². The number of fused-ring (bicyclic) bond motifs is 1. The fourth-order valence-corrected chi connectivity index (χ4v) is 5.62. The van der Waals surface area contributed by atoms with Crippen molar-refractivity contribution in [2.75, 3.05) is 13.7 Å². The summed E-state index contributed by atoms with van der Waals surface area (Å²) < 4.78 is 30.7. The highest BCUT2D eigenvalue weighted by Gasteiger charge is 2.44.